The highest BCUT2D eigenvalue weighted by atomic mass is 16.5. The fourth-order valence-corrected chi connectivity index (χ4v) is 11.8. The van der Waals surface area contributed by atoms with E-state index in [2.05, 4.69) is 47.5 Å². The molecule has 5 fully saturated rings. The molecule has 4 N–H and O–H groups in total. The van der Waals surface area contributed by atoms with Gasteiger partial charge in [0, 0.05) is 19.3 Å². The van der Waals surface area contributed by atoms with E-state index >= 15 is 0 Å². The van der Waals surface area contributed by atoms with E-state index in [4.69, 9.17) is 9.90 Å². The fraction of sp³-hybridized carbons (Fsp3) is 0.917. The number of fused-ring (bicyclic) bond motifs is 2. The third kappa shape index (κ3) is 6.01. The van der Waals surface area contributed by atoms with Crippen LogP contribution in [-0.2, 0) is 4.79 Å². The predicted octanol–water partition coefficient (Wildman–Crippen LogP) is 7.76. The van der Waals surface area contributed by atoms with Crippen molar-refractivity contribution in [1.29, 1.82) is 0 Å². The molecule has 5 nitrogen and oxygen atoms in total. The van der Waals surface area contributed by atoms with Crippen molar-refractivity contribution in [3.05, 3.63) is 0 Å². The second-order valence-electron chi connectivity index (χ2n) is 15.3. The Kier molecular flexibility index (Phi) is 11.3. The third-order valence-corrected chi connectivity index (χ3v) is 13.1. The lowest BCUT2D eigenvalue weighted by Gasteiger charge is -2.57. The van der Waals surface area contributed by atoms with Crippen molar-refractivity contribution in [2.45, 2.75) is 145 Å². The minimum Gasteiger partial charge on any atom is -0.481 e. The Balaban J connectivity index is 0.000000666. The van der Waals surface area contributed by atoms with Crippen LogP contribution in [0.15, 0.2) is 0 Å². The summed E-state index contributed by atoms with van der Waals surface area (Å²) in [6.45, 7) is 21.1. The summed E-state index contributed by atoms with van der Waals surface area (Å²) in [5, 5.41) is 40.5. The average Bonchev–Trinajstić information content (AvgIpc) is 3.31. The second-order valence-corrected chi connectivity index (χ2v) is 15.3. The summed E-state index contributed by atoms with van der Waals surface area (Å²) >= 11 is 0. The van der Waals surface area contributed by atoms with Crippen LogP contribution in [0.3, 0.4) is 0 Å². The molecule has 0 aromatic rings. The summed E-state index contributed by atoms with van der Waals surface area (Å²) in [7, 11) is 0. The first-order chi connectivity index (χ1) is 19.0. The van der Waals surface area contributed by atoms with Gasteiger partial charge in [0.15, 0.2) is 5.79 Å². The van der Waals surface area contributed by atoms with Crippen LogP contribution >= 0.6 is 0 Å². The number of carboxylic acid groups (broad SMARTS) is 1. The lowest BCUT2D eigenvalue weighted by Crippen LogP contribution is -2.51. The van der Waals surface area contributed by atoms with E-state index in [9.17, 15) is 15.3 Å². The maximum Gasteiger partial charge on any atom is 0.300 e. The molecule has 238 valence electrons. The van der Waals surface area contributed by atoms with Gasteiger partial charge in [0.1, 0.15) is 0 Å². The second kappa shape index (κ2) is 12.9. The van der Waals surface area contributed by atoms with Crippen molar-refractivity contribution in [2.24, 2.45) is 63.6 Å². The van der Waals surface area contributed by atoms with Gasteiger partial charge in [0.25, 0.3) is 5.97 Å². The van der Waals surface area contributed by atoms with E-state index in [1.165, 1.54) is 38.5 Å². The van der Waals surface area contributed by atoms with E-state index in [1.807, 2.05) is 27.7 Å². The normalized spacial score (nSPS) is 43.8. The minimum absolute atomic E-state index is 0.0253. The zero-order valence-corrected chi connectivity index (χ0v) is 28.0. The van der Waals surface area contributed by atoms with Crippen molar-refractivity contribution in [3.8, 4) is 12.8 Å². The summed E-state index contributed by atoms with van der Waals surface area (Å²) in [5.74, 6) is 2.37. The Morgan fingerprint density at radius 3 is 2.00 bits per heavy atom. The van der Waals surface area contributed by atoms with Crippen molar-refractivity contribution in [2.75, 3.05) is 0 Å². The maximum absolute atomic E-state index is 11.4. The Labute approximate surface area is 252 Å². The predicted molar refractivity (Wildman–Crippen MR) is 168 cm³/mol. The maximum atomic E-state index is 11.4. The molecule has 2 spiro atoms. The molecular formula is C36H64O5. The zero-order valence-electron chi connectivity index (χ0n) is 28.0. The molecule has 0 aliphatic heterocycles. The van der Waals surface area contributed by atoms with Crippen LogP contribution in [0.2, 0.25) is 0 Å². The molecule has 0 bridgehead atoms. The summed E-state index contributed by atoms with van der Waals surface area (Å²) in [6.07, 6.45) is 19.2. The summed E-state index contributed by atoms with van der Waals surface area (Å²) < 4.78 is 0. The molecule has 0 radical (unpaired) electrons. The summed E-state index contributed by atoms with van der Waals surface area (Å²) in [6, 6.07) is 0. The zero-order chi connectivity index (χ0) is 31.8. The molecular weight excluding hydrogens is 512 g/mol. The van der Waals surface area contributed by atoms with Crippen molar-refractivity contribution in [3.63, 3.8) is 0 Å². The summed E-state index contributed by atoms with van der Waals surface area (Å²) in [4.78, 5) is 9.00. The summed E-state index contributed by atoms with van der Waals surface area (Å²) in [5.41, 5.74) is 0.409. The Morgan fingerprint density at radius 1 is 0.951 bits per heavy atom. The highest BCUT2D eigenvalue weighted by Gasteiger charge is 2.84. The minimum atomic E-state index is -1.55. The van der Waals surface area contributed by atoms with Gasteiger partial charge >= 0.3 is 0 Å². The van der Waals surface area contributed by atoms with E-state index < -0.39 is 17.4 Å². The largest absolute Gasteiger partial charge is 0.481 e. The number of hydrogen-bond donors (Lipinski definition) is 4. The number of carbonyl (C=O) groups is 1. The van der Waals surface area contributed by atoms with Crippen LogP contribution in [0.25, 0.3) is 0 Å². The van der Waals surface area contributed by atoms with E-state index in [0.717, 1.165) is 49.9 Å². The molecule has 5 heteroatoms. The number of hydrogen-bond acceptors (Lipinski definition) is 4. The molecule has 5 aliphatic rings. The number of carboxylic acids is 1. The van der Waals surface area contributed by atoms with Crippen LogP contribution in [-0.4, -0.2) is 37.8 Å². The Bertz CT molecular complexity index is 899. The van der Waals surface area contributed by atoms with Gasteiger partial charge in [-0.2, -0.15) is 0 Å². The highest BCUT2D eigenvalue weighted by molar-refractivity contribution is 5.62. The van der Waals surface area contributed by atoms with Gasteiger partial charge in [-0.3, -0.25) is 4.79 Å². The van der Waals surface area contributed by atoms with Gasteiger partial charge in [0.05, 0.1) is 5.60 Å². The first-order valence-corrected chi connectivity index (χ1v) is 16.7. The topological polar surface area (TPSA) is 98.0 Å². The lowest BCUT2D eigenvalue weighted by atomic mass is 9.47. The van der Waals surface area contributed by atoms with Crippen molar-refractivity contribution >= 4 is 5.97 Å². The van der Waals surface area contributed by atoms with Gasteiger partial charge in [-0.25, -0.2) is 0 Å². The number of terminal acetylenes is 1. The molecule has 5 aliphatic carbocycles. The first kappa shape index (κ1) is 36.1. The highest BCUT2D eigenvalue weighted by Crippen LogP contribution is 2.89. The van der Waals surface area contributed by atoms with Crippen LogP contribution < -0.4 is 0 Å². The van der Waals surface area contributed by atoms with Gasteiger partial charge < -0.3 is 20.4 Å². The van der Waals surface area contributed by atoms with Crippen LogP contribution in [0, 0.1) is 76.4 Å². The quantitative estimate of drug-likeness (QED) is 0.198. The van der Waals surface area contributed by atoms with Crippen LogP contribution in [0.1, 0.15) is 133 Å². The smallest absolute Gasteiger partial charge is 0.300 e. The fourth-order valence-electron chi connectivity index (χ4n) is 11.8. The van der Waals surface area contributed by atoms with Crippen molar-refractivity contribution in [1.82, 2.24) is 0 Å². The van der Waals surface area contributed by atoms with Gasteiger partial charge in [-0.1, -0.05) is 61.3 Å². The third-order valence-electron chi connectivity index (χ3n) is 13.1. The molecule has 5 unspecified atom stereocenters. The standard InChI is InChI=1S/C30H52O3.C2H4O2.C2H6.C2H2/c1-18-12-14-28-21(4)29(28)16-15-27(7)24(23(29)11-10-22(28)20(18)3)17-30(32,33)25(27)19(2)9-8-13-26(5,6)31;1-2(3)4;2*1-2/h18-25,31-33H,8-17H2,1-7H3;1H3,(H,3,4);1-2H3;1-2H/t18-,19+,20?,21+,22?,23-,24?,25?,27-,28?,29-;;;/m0.../s1. The van der Waals surface area contributed by atoms with Crippen molar-refractivity contribution < 1.29 is 25.2 Å². The number of rotatable bonds is 5. The Hall–Kier alpha value is -1.09. The van der Waals surface area contributed by atoms with Crippen LogP contribution in [0.4, 0.5) is 0 Å². The SMILES string of the molecule is C#C.CC.CC(=O)O.CC1C2CC[C@H]3C4CC(O)(O)C([C@H](C)CCCC(C)(C)O)[C@@]4(C)CC[C@]34[C@H](C)C24CC[C@@H]1C. The lowest BCUT2D eigenvalue weighted by molar-refractivity contribution is -0.210. The van der Waals surface area contributed by atoms with Gasteiger partial charge in [-0.15, -0.1) is 12.8 Å². The van der Waals surface area contributed by atoms with E-state index in [0.29, 0.717) is 29.1 Å². The van der Waals surface area contributed by atoms with Gasteiger partial charge in [0.2, 0.25) is 0 Å². The first-order valence-electron chi connectivity index (χ1n) is 16.7. The molecule has 41 heavy (non-hydrogen) atoms. The Morgan fingerprint density at radius 2 is 1.46 bits per heavy atom. The van der Waals surface area contributed by atoms with Gasteiger partial charge in [-0.05, 0) is 116 Å². The van der Waals surface area contributed by atoms with E-state index in [-0.39, 0.29) is 17.3 Å². The number of aliphatic carboxylic acids is 1. The molecule has 0 saturated heterocycles. The van der Waals surface area contributed by atoms with E-state index in [1.54, 1.807) is 0 Å². The monoisotopic (exact) mass is 576 g/mol. The molecule has 5 rings (SSSR count). The molecule has 5 saturated carbocycles. The molecule has 0 heterocycles. The molecule has 11 atom stereocenters. The number of aliphatic hydroxyl groups is 3. The molecule has 0 aromatic heterocycles. The van der Waals surface area contributed by atoms with Crippen LogP contribution in [0.5, 0.6) is 0 Å². The molecule has 0 amide bonds. The average molecular weight is 577 g/mol. The molecule has 0 aromatic carbocycles.